The van der Waals surface area contributed by atoms with Gasteiger partial charge in [-0.1, -0.05) is 60.7 Å². The molecule has 2 atom stereocenters. The third kappa shape index (κ3) is 8.38. The molecule has 0 spiro atoms. The summed E-state index contributed by atoms with van der Waals surface area (Å²) in [5.41, 5.74) is 4.15. The molecule has 0 saturated heterocycles. The Morgan fingerprint density at radius 3 is 2.15 bits per heavy atom. The Hall–Kier alpha value is -4.24. The molecule has 0 radical (unpaired) electrons. The van der Waals surface area contributed by atoms with Crippen molar-refractivity contribution >= 4 is 24.9 Å². The normalized spacial score (nSPS) is 15.9. The average molecular weight is 662 g/mol. The van der Waals surface area contributed by atoms with E-state index in [4.69, 9.17) is 13.8 Å². The van der Waals surface area contributed by atoms with Crippen LogP contribution in [-0.4, -0.2) is 30.1 Å². The van der Waals surface area contributed by atoms with Crippen LogP contribution in [0.4, 0.5) is 11.4 Å². The fourth-order valence-corrected chi connectivity index (χ4v) is 8.31. The van der Waals surface area contributed by atoms with Gasteiger partial charge in [-0.15, -0.1) is 0 Å². The Bertz CT molecular complexity index is 1700. The largest absolute Gasteiger partial charge is 0.454 e. The molecule has 250 valence electrons. The third-order valence-corrected chi connectivity index (χ3v) is 10.3. The van der Waals surface area contributed by atoms with Gasteiger partial charge < -0.3 is 24.0 Å². The van der Waals surface area contributed by atoms with Crippen molar-refractivity contribution in [2.45, 2.75) is 79.2 Å². The number of carbonyl (C=O) groups excluding carboxylic acids is 1. The van der Waals surface area contributed by atoms with E-state index in [0.717, 1.165) is 16.8 Å². The molecule has 3 aromatic rings. The van der Waals surface area contributed by atoms with E-state index in [1.807, 2.05) is 49.5 Å². The molecule has 0 aliphatic carbocycles. The first kappa shape index (κ1) is 35.6. The van der Waals surface area contributed by atoms with E-state index >= 15 is 0 Å². The summed E-state index contributed by atoms with van der Waals surface area (Å²) >= 11 is 0. The van der Waals surface area contributed by atoms with E-state index in [-0.39, 0.29) is 16.6 Å². The summed E-state index contributed by atoms with van der Waals surface area (Å²) in [6.45, 7) is 12.9. The number of anilines is 1. The lowest BCUT2D eigenvalue weighted by atomic mass is 9.86. The van der Waals surface area contributed by atoms with Gasteiger partial charge in [0.2, 0.25) is 0 Å². The summed E-state index contributed by atoms with van der Waals surface area (Å²) in [5, 5.41) is 15.2. The Labute approximate surface area is 277 Å². The highest BCUT2D eigenvalue weighted by molar-refractivity contribution is 7.58. The van der Waals surface area contributed by atoms with E-state index in [2.05, 4.69) is 22.3 Å². The lowest BCUT2D eigenvalue weighted by Crippen LogP contribution is -2.31. The van der Waals surface area contributed by atoms with E-state index in [9.17, 15) is 19.5 Å². The molecule has 0 amide bonds. The van der Waals surface area contributed by atoms with Gasteiger partial charge in [0, 0.05) is 48.4 Å². The quantitative estimate of drug-likeness (QED) is 0.0829. The molecular weight excluding hydrogens is 617 g/mol. The van der Waals surface area contributed by atoms with Gasteiger partial charge >= 0.3 is 13.6 Å². The van der Waals surface area contributed by atoms with Gasteiger partial charge in [-0.25, -0.2) is 4.79 Å². The van der Waals surface area contributed by atoms with Gasteiger partial charge in [0.25, 0.3) is 5.69 Å². The van der Waals surface area contributed by atoms with Crippen LogP contribution in [0.25, 0.3) is 0 Å². The fourth-order valence-electron chi connectivity index (χ4n) is 5.86. The number of benzene rings is 3. The van der Waals surface area contributed by atoms with Gasteiger partial charge in [-0.05, 0) is 65.7 Å². The number of esters is 1. The number of hydrogen-bond donors (Lipinski definition) is 1. The lowest BCUT2D eigenvalue weighted by molar-refractivity contribution is -0.384. The number of nitro groups is 1. The van der Waals surface area contributed by atoms with Gasteiger partial charge in [0.05, 0.1) is 33.9 Å². The van der Waals surface area contributed by atoms with Crippen LogP contribution in [0.1, 0.15) is 77.2 Å². The predicted molar refractivity (Wildman–Crippen MR) is 184 cm³/mol. The molecule has 3 aromatic carbocycles. The van der Waals surface area contributed by atoms with Gasteiger partial charge in [0.1, 0.15) is 6.10 Å². The molecule has 10 nitrogen and oxygen atoms in total. The van der Waals surface area contributed by atoms with E-state index in [1.54, 1.807) is 60.6 Å². The Kier molecular flexibility index (Phi) is 11.4. The summed E-state index contributed by atoms with van der Waals surface area (Å²) in [5.74, 6) is -1.68. The van der Waals surface area contributed by atoms with E-state index < -0.39 is 42.7 Å². The zero-order chi connectivity index (χ0) is 34.5. The zero-order valence-electron chi connectivity index (χ0n) is 28.2. The number of nitrogens with one attached hydrogen (secondary N) is 1. The Morgan fingerprint density at radius 1 is 0.915 bits per heavy atom. The van der Waals surface area contributed by atoms with Crippen LogP contribution < -0.4 is 10.2 Å². The lowest BCUT2D eigenvalue weighted by Gasteiger charge is -2.36. The predicted octanol–water partition coefficient (Wildman–Crippen LogP) is 8.77. The highest BCUT2D eigenvalue weighted by atomic mass is 31.2. The van der Waals surface area contributed by atoms with E-state index in [1.165, 1.54) is 12.1 Å². The minimum Gasteiger partial charge on any atom is -0.454 e. The number of nitrogens with zero attached hydrogens (tertiary/aromatic N) is 2. The maximum atomic E-state index is 14.7. The molecule has 0 fully saturated rings. The molecule has 11 heteroatoms. The SMILES string of the molecule is CC1=C(C(=O)OC(C)c2ccccc2N(C)Cc2ccccc2)C(c2cccc([N+](=O)[O-])c2)C(P(=O)(OC(C)C)OC(C)C)=C(C)N1. The fraction of sp³-hybridized carbons (Fsp3) is 0.361. The molecule has 1 aliphatic heterocycles. The molecule has 0 bridgehead atoms. The molecule has 1 aliphatic rings. The van der Waals surface area contributed by atoms with Gasteiger partial charge in [-0.3, -0.25) is 14.7 Å². The van der Waals surface area contributed by atoms with E-state index in [0.29, 0.717) is 23.5 Å². The minimum absolute atomic E-state index is 0.160. The first-order chi connectivity index (χ1) is 22.2. The highest BCUT2D eigenvalue weighted by Crippen LogP contribution is 2.65. The number of carbonyl (C=O) groups is 1. The van der Waals surface area contributed by atoms with Crippen molar-refractivity contribution in [2.24, 2.45) is 0 Å². The van der Waals surface area contributed by atoms with Crippen LogP contribution in [0.5, 0.6) is 0 Å². The standard InChI is InChI=1S/C36H44N3O7P/c1-23(2)45-47(43,46-24(3)4)35-26(6)37-25(5)33(34(35)29-17-14-18-30(21-29)39(41)42)36(40)44-27(7)31-19-12-13-20-32(31)38(8)22-28-15-10-9-11-16-28/h9-21,23-24,27,34,37H,22H2,1-8H3. The number of para-hydroxylation sites is 1. The molecular formula is C36H44N3O7P. The van der Waals surface area contributed by atoms with Crippen LogP contribution in [0.3, 0.4) is 0 Å². The molecule has 1 N–H and O–H groups in total. The number of dihydropyridines is 1. The molecule has 47 heavy (non-hydrogen) atoms. The van der Waals surface area contributed by atoms with Gasteiger partial charge in [-0.2, -0.15) is 0 Å². The number of non-ortho nitro benzene ring substituents is 1. The Morgan fingerprint density at radius 2 is 1.53 bits per heavy atom. The zero-order valence-corrected chi connectivity index (χ0v) is 29.1. The van der Waals surface area contributed by atoms with Gasteiger partial charge in [0.15, 0.2) is 0 Å². The molecule has 0 aromatic heterocycles. The van der Waals surface area contributed by atoms with Crippen molar-refractivity contribution in [3.8, 4) is 0 Å². The number of hydrogen-bond acceptors (Lipinski definition) is 9. The topological polar surface area (TPSA) is 120 Å². The molecule has 1 heterocycles. The van der Waals surface area contributed by atoms with Crippen molar-refractivity contribution < 1.29 is 28.1 Å². The van der Waals surface area contributed by atoms with Crippen LogP contribution >= 0.6 is 7.60 Å². The van der Waals surface area contributed by atoms with Crippen molar-refractivity contribution in [3.63, 3.8) is 0 Å². The summed E-state index contributed by atoms with van der Waals surface area (Å²) in [4.78, 5) is 27.7. The summed E-state index contributed by atoms with van der Waals surface area (Å²) in [7, 11) is -2.09. The molecule has 2 unspecified atom stereocenters. The van der Waals surface area contributed by atoms with Crippen molar-refractivity contribution in [3.05, 3.63) is 128 Å². The van der Waals surface area contributed by atoms with Crippen LogP contribution in [-0.2, 0) is 29.7 Å². The number of rotatable bonds is 13. The maximum absolute atomic E-state index is 14.7. The third-order valence-electron chi connectivity index (χ3n) is 7.69. The summed E-state index contributed by atoms with van der Waals surface area (Å²) in [6, 6.07) is 23.8. The molecule has 4 rings (SSSR count). The average Bonchev–Trinajstić information content (AvgIpc) is 3.00. The summed E-state index contributed by atoms with van der Waals surface area (Å²) in [6.07, 6.45) is -1.65. The number of allylic oxidation sites excluding steroid dienone is 3. The smallest absolute Gasteiger partial charge is 0.360 e. The molecule has 0 saturated carbocycles. The van der Waals surface area contributed by atoms with Crippen molar-refractivity contribution in [1.82, 2.24) is 5.32 Å². The number of ether oxygens (including phenoxy) is 1. The first-order valence-electron chi connectivity index (χ1n) is 15.7. The minimum atomic E-state index is -4.08. The first-order valence-corrected chi connectivity index (χ1v) is 17.2. The second-order valence-corrected chi connectivity index (χ2v) is 14.1. The number of nitro benzene ring substituents is 1. The second-order valence-electron chi connectivity index (χ2n) is 12.2. The monoisotopic (exact) mass is 661 g/mol. The maximum Gasteiger partial charge on any atom is 0.360 e. The van der Waals surface area contributed by atoms with Crippen LogP contribution in [0, 0.1) is 10.1 Å². The van der Waals surface area contributed by atoms with Crippen molar-refractivity contribution in [2.75, 3.05) is 11.9 Å². The van der Waals surface area contributed by atoms with Crippen LogP contribution in [0.2, 0.25) is 0 Å². The summed E-state index contributed by atoms with van der Waals surface area (Å²) < 4.78 is 32.9. The Balaban J connectivity index is 1.78. The second kappa shape index (κ2) is 15.1. The van der Waals surface area contributed by atoms with Crippen molar-refractivity contribution in [1.29, 1.82) is 0 Å². The highest BCUT2D eigenvalue weighted by Gasteiger charge is 2.46. The van der Waals surface area contributed by atoms with Crippen LogP contribution in [0.15, 0.2) is 101 Å².